The Bertz CT molecular complexity index is 463. The van der Waals surface area contributed by atoms with Gasteiger partial charge in [0.05, 0.1) is 7.11 Å². The van der Waals surface area contributed by atoms with Crippen LogP contribution < -0.4 is 5.32 Å². The number of ketones is 1. The Hall–Kier alpha value is -2.28. The van der Waals surface area contributed by atoms with Crippen molar-refractivity contribution in [3.63, 3.8) is 0 Å². The summed E-state index contributed by atoms with van der Waals surface area (Å²) in [6.45, 7) is 3.46. The van der Waals surface area contributed by atoms with Crippen molar-refractivity contribution in [1.29, 1.82) is 0 Å². The van der Waals surface area contributed by atoms with E-state index in [4.69, 9.17) is 6.42 Å². The molecule has 1 aromatic carbocycles. The summed E-state index contributed by atoms with van der Waals surface area (Å²) in [5.41, 5.74) is 1.08. The van der Waals surface area contributed by atoms with Gasteiger partial charge in [-0.1, -0.05) is 37.3 Å². The number of carbonyl (C=O) groups excluding carboxylic acids is 2. The van der Waals surface area contributed by atoms with Crippen molar-refractivity contribution < 1.29 is 14.3 Å². The van der Waals surface area contributed by atoms with E-state index in [0.717, 1.165) is 12.0 Å². The second-order valence-corrected chi connectivity index (χ2v) is 4.49. The molecule has 1 aromatic rings. The van der Waals surface area contributed by atoms with Crippen LogP contribution in [0.1, 0.15) is 32.3 Å². The number of nitrogens with one attached hydrogen (secondary N) is 1. The zero-order valence-corrected chi connectivity index (χ0v) is 12.9. The maximum atomic E-state index is 11.1. The number of amides is 1. The zero-order chi connectivity index (χ0) is 16.1. The Morgan fingerprint density at radius 2 is 1.90 bits per heavy atom. The van der Waals surface area contributed by atoms with Crippen molar-refractivity contribution in [3.8, 4) is 12.3 Å². The molecule has 1 amide bonds. The number of methoxy groups -OCH3 is 1. The first-order valence-corrected chi connectivity index (χ1v) is 6.84. The Balaban J connectivity index is 0.000000885. The van der Waals surface area contributed by atoms with Crippen LogP contribution in [0.3, 0.4) is 0 Å². The smallest absolute Gasteiger partial charge is 0.407 e. The number of benzene rings is 1. The standard InChI is InChI=1S/C13H17NO3.C4H6/c1-10(15)8-12(14-13(16)17-2)9-11-6-4-3-5-7-11;1-3-4-2/h3-7,12H,8-9H2,1-2H3,(H,14,16);1H,4H2,2H3. The van der Waals surface area contributed by atoms with Gasteiger partial charge in [-0.2, -0.15) is 0 Å². The molecule has 0 aliphatic rings. The molecule has 0 bridgehead atoms. The second kappa shape index (κ2) is 11.5. The van der Waals surface area contributed by atoms with Gasteiger partial charge in [0.2, 0.25) is 0 Å². The first-order valence-electron chi connectivity index (χ1n) is 6.84. The van der Waals surface area contributed by atoms with Crippen LogP contribution in [-0.2, 0) is 16.0 Å². The van der Waals surface area contributed by atoms with E-state index in [9.17, 15) is 9.59 Å². The first-order chi connectivity index (χ1) is 10.0. The number of terminal acetylenes is 1. The van der Waals surface area contributed by atoms with E-state index in [2.05, 4.69) is 16.0 Å². The van der Waals surface area contributed by atoms with Crippen LogP contribution >= 0.6 is 0 Å². The van der Waals surface area contributed by atoms with Crippen LogP contribution in [-0.4, -0.2) is 25.0 Å². The lowest BCUT2D eigenvalue weighted by Crippen LogP contribution is -2.37. The Kier molecular flexibility index (Phi) is 10.3. The first kappa shape index (κ1) is 18.7. The van der Waals surface area contributed by atoms with Crippen LogP contribution in [0.5, 0.6) is 0 Å². The maximum absolute atomic E-state index is 11.1. The van der Waals surface area contributed by atoms with Gasteiger partial charge in [-0.15, -0.1) is 12.3 Å². The number of Topliss-reactive ketones (excluding diaryl/α,β-unsaturated/α-hetero) is 1. The second-order valence-electron chi connectivity index (χ2n) is 4.49. The lowest BCUT2D eigenvalue weighted by Gasteiger charge is -2.16. The molecule has 0 aliphatic heterocycles. The molecule has 0 fully saturated rings. The summed E-state index contributed by atoms with van der Waals surface area (Å²) >= 11 is 0. The van der Waals surface area contributed by atoms with Crippen LogP contribution in [0, 0.1) is 12.3 Å². The molecule has 0 radical (unpaired) electrons. The number of alkyl carbamates (subject to hydrolysis) is 1. The van der Waals surface area contributed by atoms with Crippen molar-refractivity contribution in [2.75, 3.05) is 7.11 Å². The monoisotopic (exact) mass is 289 g/mol. The van der Waals surface area contributed by atoms with E-state index in [-0.39, 0.29) is 11.8 Å². The van der Waals surface area contributed by atoms with E-state index in [1.807, 2.05) is 37.3 Å². The van der Waals surface area contributed by atoms with Crippen LogP contribution in [0.25, 0.3) is 0 Å². The van der Waals surface area contributed by atoms with Crippen LogP contribution in [0.4, 0.5) is 4.79 Å². The molecular formula is C17H23NO3. The molecule has 4 nitrogen and oxygen atoms in total. The van der Waals surface area contributed by atoms with E-state index in [1.165, 1.54) is 14.0 Å². The quantitative estimate of drug-likeness (QED) is 0.848. The van der Waals surface area contributed by atoms with Gasteiger partial charge in [0.25, 0.3) is 0 Å². The van der Waals surface area contributed by atoms with Gasteiger partial charge in [0.1, 0.15) is 5.78 Å². The normalized spacial score (nSPS) is 10.4. The van der Waals surface area contributed by atoms with E-state index < -0.39 is 6.09 Å². The summed E-state index contributed by atoms with van der Waals surface area (Å²) in [5, 5.41) is 2.66. The summed E-state index contributed by atoms with van der Waals surface area (Å²) in [4.78, 5) is 22.3. The highest BCUT2D eigenvalue weighted by molar-refractivity contribution is 5.77. The van der Waals surface area contributed by atoms with Crippen molar-refractivity contribution in [2.45, 2.75) is 39.2 Å². The molecule has 4 heteroatoms. The highest BCUT2D eigenvalue weighted by Crippen LogP contribution is 2.06. The van der Waals surface area contributed by atoms with Gasteiger partial charge in [0.15, 0.2) is 0 Å². The molecule has 1 unspecified atom stereocenters. The molecule has 1 rings (SSSR count). The van der Waals surface area contributed by atoms with Gasteiger partial charge in [-0.05, 0) is 18.9 Å². The van der Waals surface area contributed by atoms with Crippen molar-refractivity contribution in [3.05, 3.63) is 35.9 Å². The maximum Gasteiger partial charge on any atom is 0.407 e. The molecule has 0 aliphatic carbocycles. The van der Waals surface area contributed by atoms with Crippen LogP contribution in [0.2, 0.25) is 0 Å². The molecule has 0 aromatic heterocycles. The Morgan fingerprint density at radius 1 is 1.33 bits per heavy atom. The number of hydrogen-bond acceptors (Lipinski definition) is 3. The summed E-state index contributed by atoms with van der Waals surface area (Å²) in [5.74, 6) is 2.47. The van der Waals surface area contributed by atoms with E-state index >= 15 is 0 Å². The highest BCUT2D eigenvalue weighted by Gasteiger charge is 2.15. The number of carbonyl (C=O) groups is 2. The molecule has 1 N–H and O–H groups in total. The molecule has 0 spiro atoms. The molecular weight excluding hydrogens is 266 g/mol. The molecule has 0 saturated heterocycles. The average Bonchev–Trinajstić information content (AvgIpc) is 2.47. The Labute approximate surface area is 126 Å². The fourth-order valence-electron chi connectivity index (χ4n) is 1.65. The number of hydrogen-bond donors (Lipinski definition) is 1. The fourth-order valence-corrected chi connectivity index (χ4v) is 1.65. The SMILES string of the molecule is C#CCC.COC(=O)NC(CC(C)=O)Cc1ccccc1. The topological polar surface area (TPSA) is 55.4 Å². The minimum atomic E-state index is -0.507. The van der Waals surface area contributed by atoms with Gasteiger partial charge in [-0.3, -0.25) is 4.79 Å². The van der Waals surface area contributed by atoms with Crippen LogP contribution in [0.15, 0.2) is 30.3 Å². The zero-order valence-electron chi connectivity index (χ0n) is 12.9. The van der Waals surface area contributed by atoms with Gasteiger partial charge < -0.3 is 10.1 Å². The summed E-state index contributed by atoms with van der Waals surface area (Å²) in [7, 11) is 1.31. The third-order valence-corrected chi connectivity index (χ3v) is 2.57. The van der Waals surface area contributed by atoms with E-state index in [1.54, 1.807) is 0 Å². The fraction of sp³-hybridized carbons (Fsp3) is 0.412. The van der Waals surface area contributed by atoms with Crippen molar-refractivity contribution in [1.82, 2.24) is 5.32 Å². The molecule has 114 valence electrons. The largest absolute Gasteiger partial charge is 0.453 e. The third-order valence-electron chi connectivity index (χ3n) is 2.57. The predicted molar refractivity (Wildman–Crippen MR) is 83.9 cm³/mol. The molecule has 0 heterocycles. The van der Waals surface area contributed by atoms with Gasteiger partial charge >= 0.3 is 6.09 Å². The minimum Gasteiger partial charge on any atom is -0.453 e. The van der Waals surface area contributed by atoms with Crippen molar-refractivity contribution >= 4 is 11.9 Å². The molecule has 21 heavy (non-hydrogen) atoms. The summed E-state index contributed by atoms with van der Waals surface area (Å²) < 4.78 is 4.54. The Morgan fingerprint density at radius 3 is 2.33 bits per heavy atom. The number of rotatable bonds is 5. The number of ether oxygens (including phenoxy) is 1. The van der Waals surface area contributed by atoms with Gasteiger partial charge in [-0.25, -0.2) is 4.79 Å². The highest BCUT2D eigenvalue weighted by atomic mass is 16.5. The van der Waals surface area contributed by atoms with Crippen molar-refractivity contribution in [2.24, 2.45) is 0 Å². The molecule has 0 saturated carbocycles. The third kappa shape index (κ3) is 10.2. The predicted octanol–water partition coefficient (Wildman–Crippen LogP) is 2.96. The minimum absolute atomic E-state index is 0.0438. The van der Waals surface area contributed by atoms with Gasteiger partial charge in [0, 0.05) is 18.9 Å². The summed E-state index contributed by atoms with van der Waals surface area (Å²) in [6, 6.07) is 9.49. The average molecular weight is 289 g/mol. The lowest BCUT2D eigenvalue weighted by atomic mass is 10.0. The lowest BCUT2D eigenvalue weighted by molar-refractivity contribution is -0.117. The summed E-state index contributed by atoms with van der Waals surface area (Å²) in [6.07, 6.45) is 6.05. The molecule has 1 atom stereocenters. The van der Waals surface area contributed by atoms with E-state index in [0.29, 0.717) is 12.8 Å².